The number of pyridine rings is 2. The number of likely N-dealkylation sites (tertiary alicyclic amines) is 1. The SMILES string of the molecule is CC(=O)N1CCC(Oc2cncc(-c3cnc4c(c3)CCCN4C(=O)OC(C)(C)C)c2)CC1. The molecule has 33 heavy (non-hydrogen) atoms. The number of amides is 2. The summed E-state index contributed by atoms with van der Waals surface area (Å²) in [5.74, 6) is 1.49. The maximum atomic E-state index is 12.6. The summed E-state index contributed by atoms with van der Waals surface area (Å²) < 4.78 is 11.7. The van der Waals surface area contributed by atoms with Crippen molar-refractivity contribution in [2.24, 2.45) is 0 Å². The van der Waals surface area contributed by atoms with Gasteiger partial charge in [0, 0.05) is 62.9 Å². The van der Waals surface area contributed by atoms with E-state index in [9.17, 15) is 9.59 Å². The van der Waals surface area contributed by atoms with Crippen molar-refractivity contribution in [3.05, 3.63) is 36.3 Å². The first kappa shape index (κ1) is 23.0. The Labute approximate surface area is 194 Å². The Bertz CT molecular complexity index is 1030. The normalized spacial score (nSPS) is 16.8. The third-order valence-corrected chi connectivity index (χ3v) is 5.88. The number of fused-ring (bicyclic) bond motifs is 1. The summed E-state index contributed by atoms with van der Waals surface area (Å²) in [7, 11) is 0. The van der Waals surface area contributed by atoms with E-state index in [0.717, 1.165) is 55.5 Å². The summed E-state index contributed by atoms with van der Waals surface area (Å²) in [6.45, 7) is 9.23. The van der Waals surface area contributed by atoms with E-state index < -0.39 is 5.60 Å². The van der Waals surface area contributed by atoms with Gasteiger partial charge in [-0.15, -0.1) is 0 Å². The van der Waals surface area contributed by atoms with Gasteiger partial charge < -0.3 is 14.4 Å². The van der Waals surface area contributed by atoms with Gasteiger partial charge in [-0.2, -0.15) is 0 Å². The molecule has 0 atom stereocenters. The number of nitrogens with zero attached hydrogens (tertiary/aromatic N) is 4. The molecule has 2 aliphatic rings. The van der Waals surface area contributed by atoms with Crippen LogP contribution in [0.1, 0.15) is 52.5 Å². The van der Waals surface area contributed by atoms with E-state index in [0.29, 0.717) is 18.1 Å². The number of aromatic nitrogens is 2. The van der Waals surface area contributed by atoms with Crippen LogP contribution in [-0.4, -0.2) is 58.2 Å². The summed E-state index contributed by atoms with van der Waals surface area (Å²) >= 11 is 0. The highest BCUT2D eigenvalue weighted by Gasteiger charge is 2.28. The van der Waals surface area contributed by atoms with E-state index in [-0.39, 0.29) is 18.1 Å². The summed E-state index contributed by atoms with van der Waals surface area (Å²) in [6, 6.07) is 4.05. The number of anilines is 1. The Kier molecular flexibility index (Phi) is 6.54. The highest BCUT2D eigenvalue weighted by atomic mass is 16.6. The lowest BCUT2D eigenvalue weighted by Gasteiger charge is -2.31. The van der Waals surface area contributed by atoms with Crippen molar-refractivity contribution >= 4 is 17.8 Å². The summed E-state index contributed by atoms with van der Waals surface area (Å²) in [5, 5.41) is 0. The van der Waals surface area contributed by atoms with Crippen molar-refractivity contribution in [2.45, 2.75) is 65.1 Å². The molecule has 2 aromatic heterocycles. The maximum absolute atomic E-state index is 12.6. The van der Waals surface area contributed by atoms with E-state index in [2.05, 4.69) is 16.0 Å². The standard InChI is InChI=1S/C25H32N4O4/c1-17(30)28-10-7-21(8-11-28)32-22-13-20(14-26-16-22)19-12-18-6-5-9-29(23(18)27-15-19)24(31)33-25(2,3)4/h12-16,21H,5-11H2,1-4H3. The Morgan fingerprint density at radius 2 is 1.76 bits per heavy atom. The molecule has 0 radical (unpaired) electrons. The van der Waals surface area contributed by atoms with Gasteiger partial charge in [-0.05, 0) is 51.3 Å². The number of carbonyl (C=O) groups is 2. The van der Waals surface area contributed by atoms with Gasteiger partial charge in [-0.25, -0.2) is 9.78 Å². The molecule has 0 bridgehead atoms. The van der Waals surface area contributed by atoms with Crippen LogP contribution in [0.25, 0.3) is 11.1 Å². The van der Waals surface area contributed by atoms with Crippen molar-refractivity contribution in [1.29, 1.82) is 0 Å². The smallest absolute Gasteiger partial charge is 0.416 e. The van der Waals surface area contributed by atoms with Gasteiger partial charge in [-0.1, -0.05) is 0 Å². The quantitative estimate of drug-likeness (QED) is 0.693. The molecule has 1 fully saturated rings. The molecule has 4 heterocycles. The highest BCUT2D eigenvalue weighted by Crippen LogP contribution is 2.31. The fourth-order valence-corrected chi connectivity index (χ4v) is 4.24. The molecule has 2 amide bonds. The number of piperidine rings is 1. The lowest BCUT2D eigenvalue weighted by Crippen LogP contribution is -2.40. The van der Waals surface area contributed by atoms with Gasteiger partial charge in [0.25, 0.3) is 0 Å². The van der Waals surface area contributed by atoms with Crippen molar-refractivity contribution in [3.8, 4) is 16.9 Å². The van der Waals surface area contributed by atoms with Crippen LogP contribution in [0, 0.1) is 0 Å². The minimum Gasteiger partial charge on any atom is -0.489 e. The van der Waals surface area contributed by atoms with Gasteiger partial charge in [-0.3, -0.25) is 14.7 Å². The second-order valence-electron chi connectivity index (χ2n) is 9.67. The number of aryl methyl sites for hydroxylation is 1. The van der Waals surface area contributed by atoms with Gasteiger partial charge in [0.2, 0.25) is 5.91 Å². The molecule has 4 rings (SSSR count). The first-order valence-electron chi connectivity index (χ1n) is 11.6. The zero-order valence-corrected chi connectivity index (χ0v) is 19.8. The van der Waals surface area contributed by atoms with E-state index in [1.54, 1.807) is 30.4 Å². The van der Waals surface area contributed by atoms with Crippen molar-refractivity contribution in [2.75, 3.05) is 24.5 Å². The molecule has 1 saturated heterocycles. The summed E-state index contributed by atoms with van der Waals surface area (Å²) in [4.78, 5) is 36.6. The summed E-state index contributed by atoms with van der Waals surface area (Å²) in [6.07, 6.45) is 8.33. The maximum Gasteiger partial charge on any atom is 0.416 e. The van der Waals surface area contributed by atoms with Crippen molar-refractivity contribution < 1.29 is 19.1 Å². The molecule has 0 unspecified atom stereocenters. The number of hydrogen-bond donors (Lipinski definition) is 0. The summed E-state index contributed by atoms with van der Waals surface area (Å²) in [5.41, 5.74) is 2.32. The Hall–Kier alpha value is -3.16. The van der Waals surface area contributed by atoms with Gasteiger partial charge in [0.05, 0.1) is 6.20 Å². The fraction of sp³-hybridized carbons (Fsp3) is 0.520. The highest BCUT2D eigenvalue weighted by molar-refractivity contribution is 5.88. The topological polar surface area (TPSA) is 84.9 Å². The molecular weight excluding hydrogens is 420 g/mol. The molecule has 0 saturated carbocycles. The lowest BCUT2D eigenvalue weighted by molar-refractivity contribution is -0.130. The molecule has 8 heteroatoms. The number of carbonyl (C=O) groups excluding carboxylic acids is 2. The molecule has 2 aliphatic heterocycles. The van der Waals surface area contributed by atoms with Crippen LogP contribution in [0.15, 0.2) is 30.7 Å². The van der Waals surface area contributed by atoms with Crippen LogP contribution in [0.5, 0.6) is 5.75 Å². The Morgan fingerprint density at radius 3 is 2.45 bits per heavy atom. The predicted molar refractivity (Wildman–Crippen MR) is 125 cm³/mol. The van der Waals surface area contributed by atoms with E-state index in [4.69, 9.17) is 9.47 Å². The molecule has 0 spiro atoms. The number of ether oxygens (including phenoxy) is 2. The average Bonchev–Trinajstić information content (AvgIpc) is 2.77. The monoisotopic (exact) mass is 452 g/mol. The van der Waals surface area contributed by atoms with E-state index >= 15 is 0 Å². The minimum atomic E-state index is -0.552. The number of rotatable bonds is 3. The van der Waals surface area contributed by atoms with Crippen LogP contribution in [0.4, 0.5) is 10.6 Å². The molecular formula is C25H32N4O4. The van der Waals surface area contributed by atoms with Crippen LogP contribution >= 0.6 is 0 Å². The van der Waals surface area contributed by atoms with Crippen LogP contribution in [0.3, 0.4) is 0 Å². The Balaban J connectivity index is 1.48. The van der Waals surface area contributed by atoms with Crippen LogP contribution in [-0.2, 0) is 16.0 Å². The zero-order valence-electron chi connectivity index (χ0n) is 19.8. The molecule has 8 nitrogen and oxygen atoms in total. The third-order valence-electron chi connectivity index (χ3n) is 5.88. The fourth-order valence-electron chi connectivity index (χ4n) is 4.24. The lowest BCUT2D eigenvalue weighted by atomic mass is 10.0. The van der Waals surface area contributed by atoms with Crippen molar-refractivity contribution in [1.82, 2.24) is 14.9 Å². The first-order chi connectivity index (χ1) is 15.7. The zero-order chi connectivity index (χ0) is 23.6. The second kappa shape index (κ2) is 9.37. The molecule has 176 valence electrons. The third kappa shape index (κ3) is 5.61. The van der Waals surface area contributed by atoms with Gasteiger partial charge >= 0.3 is 6.09 Å². The van der Waals surface area contributed by atoms with Gasteiger partial charge in [0.15, 0.2) is 0 Å². The molecule has 0 aromatic carbocycles. The Morgan fingerprint density at radius 1 is 1.03 bits per heavy atom. The first-order valence-corrected chi connectivity index (χ1v) is 11.6. The average molecular weight is 453 g/mol. The second-order valence-corrected chi connectivity index (χ2v) is 9.67. The van der Waals surface area contributed by atoms with E-state index in [1.165, 1.54) is 0 Å². The van der Waals surface area contributed by atoms with Crippen LogP contribution < -0.4 is 9.64 Å². The van der Waals surface area contributed by atoms with Crippen LogP contribution in [0.2, 0.25) is 0 Å². The van der Waals surface area contributed by atoms with E-state index in [1.807, 2.05) is 31.7 Å². The largest absolute Gasteiger partial charge is 0.489 e. The number of hydrogen-bond acceptors (Lipinski definition) is 6. The van der Waals surface area contributed by atoms with Gasteiger partial charge in [0.1, 0.15) is 23.3 Å². The van der Waals surface area contributed by atoms with Crippen molar-refractivity contribution in [3.63, 3.8) is 0 Å². The molecule has 2 aromatic rings. The molecule has 0 aliphatic carbocycles. The molecule has 0 N–H and O–H groups in total. The minimum absolute atomic E-state index is 0.0710. The predicted octanol–water partition coefficient (Wildman–Crippen LogP) is 4.22.